The summed E-state index contributed by atoms with van der Waals surface area (Å²) < 4.78 is 13.4. The van der Waals surface area contributed by atoms with E-state index in [1.54, 1.807) is 17.7 Å². The van der Waals surface area contributed by atoms with Gasteiger partial charge >= 0.3 is 0 Å². The van der Waals surface area contributed by atoms with Gasteiger partial charge in [0.15, 0.2) is 0 Å². The summed E-state index contributed by atoms with van der Waals surface area (Å²) in [6.45, 7) is 5.59. The standard InChI is InChI=1S/C22H20FN5S/c1-15-6-7-24-19(12-15)27-8-10-28(11-9-27)21-20-18(13-29-22(20)26-14-25-21)16-2-4-17(23)5-3-16/h2-7,12-14H,8-11H2,1H3. The first-order chi connectivity index (χ1) is 14.2. The summed E-state index contributed by atoms with van der Waals surface area (Å²) >= 11 is 1.60. The largest absolute Gasteiger partial charge is 0.353 e. The molecule has 1 fully saturated rings. The van der Waals surface area contributed by atoms with E-state index in [1.807, 2.05) is 24.4 Å². The number of halogens is 1. The van der Waals surface area contributed by atoms with Crippen LogP contribution >= 0.6 is 11.3 Å². The summed E-state index contributed by atoms with van der Waals surface area (Å²) in [4.78, 5) is 19.2. The van der Waals surface area contributed by atoms with Crippen molar-refractivity contribution in [2.75, 3.05) is 36.0 Å². The molecule has 0 N–H and O–H groups in total. The lowest BCUT2D eigenvalue weighted by molar-refractivity contribution is 0.628. The number of aromatic nitrogens is 3. The number of hydrogen-bond acceptors (Lipinski definition) is 6. The van der Waals surface area contributed by atoms with Crippen molar-refractivity contribution in [1.29, 1.82) is 0 Å². The molecule has 0 atom stereocenters. The average Bonchev–Trinajstić information content (AvgIpc) is 3.19. The third kappa shape index (κ3) is 3.42. The third-order valence-corrected chi connectivity index (χ3v) is 6.20. The van der Waals surface area contributed by atoms with Crippen LogP contribution < -0.4 is 9.80 Å². The highest BCUT2D eigenvalue weighted by molar-refractivity contribution is 7.17. The monoisotopic (exact) mass is 405 g/mol. The maximum absolute atomic E-state index is 13.4. The molecule has 0 radical (unpaired) electrons. The van der Waals surface area contributed by atoms with Crippen LogP contribution in [0.3, 0.4) is 0 Å². The zero-order valence-electron chi connectivity index (χ0n) is 16.0. The fraction of sp³-hybridized carbons (Fsp3) is 0.227. The molecule has 1 saturated heterocycles. The topological polar surface area (TPSA) is 45.2 Å². The molecule has 0 unspecified atom stereocenters. The molecule has 146 valence electrons. The van der Waals surface area contributed by atoms with Gasteiger partial charge in [-0.2, -0.15) is 0 Å². The Bertz CT molecular complexity index is 1150. The molecule has 1 aromatic carbocycles. The molecule has 1 aliphatic rings. The van der Waals surface area contributed by atoms with Gasteiger partial charge in [0.05, 0.1) is 5.39 Å². The molecule has 3 aromatic heterocycles. The number of pyridine rings is 1. The smallest absolute Gasteiger partial charge is 0.141 e. The predicted molar refractivity (Wildman–Crippen MR) is 116 cm³/mol. The molecule has 0 aliphatic carbocycles. The molecule has 4 aromatic rings. The van der Waals surface area contributed by atoms with Gasteiger partial charge in [-0.15, -0.1) is 11.3 Å². The van der Waals surface area contributed by atoms with Crippen LogP contribution in [-0.4, -0.2) is 41.1 Å². The van der Waals surface area contributed by atoms with Crippen molar-refractivity contribution in [3.05, 3.63) is 65.7 Å². The number of thiophene rings is 1. The van der Waals surface area contributed by atoms with Crippen LogP contribution in [0.1, 0.15) is 5.56 Å². The third-order valence-electron chi connectivity index (χ3n) is 5.31. The van der Waals surface area contributed by atoms with Crippen LogP contribution in [-0.2, 0) is 0 Å². The fourth-order valence-electron chi connectivity index (χ4n) is 3.78. The Balaban J connectivity index is 1.45. The highest BCUT2D eigenvalue weighted by Crippen LogP contribution is 2.38. The Labute approximate surface area is 172 Å². The van der Waals surface area contributed by atoms with E-state index < -0.39 is 0 Å². The number of aryl methyl sites for hydroxylation is 1. The molecular weight excluding hydrogens is 385 g/mol. The first-order valence-corrected chi connectivity index (χ1v) is 10.5. The van der Waals surface area contributed by atoms with E-state index in [2.05, 4.69) is 43.1 Å². The highest BCUT2D eigenvalue weighted by atomic mass is 32.1. The summed E-state index contributed by atoms with van der Waals surface area (Å²) in [7, 11) is 0. The Kier molecular flexibility index (Phi) is 4.60. The van der Waals surface area contributed by atoms with Gasteiger partial charge in [-0.25, -0.2) is 19.3 Å². The molecule has 5 nitrogen and oxygen atoms in total. The SMILES string of the molecule is Cc1ccnc(N2CCN(c3ncnc4scc(-c5ccc(F)cc5)c34)CC2)c1. The highest BCUT2D eigenvalue weighted by Gasteiger charge is 2.23. The van der Waals surface area contributed by atoms with E-state index in [0.717, 1.165) is 59.2 Å². The van der Waals surface area contributed by atoms with E-state index in [9.17, 15) is 4.39 Å². The zero-order chi connectivity index (χ0) is 19.8. The second-order valence-corrected chi connectivity index (χ2v) is 8.06. The molecule has 0 saturated carbocycles. The van der Waals surface area contributed by atoms with Gasteiger partial charge in [0, 0.05) is 43.3 Å². The van der Waals surface area contributed by atoms with E-state index in [1.165, 1.54) is 17.7 Å². The van der Waals surface area contributed by atoms with Gasteiger partial charge < -0.3 is 9.80 Å². The van der Waals surface area contributed by atoms with Crippen LogP contribution in [0, 0.1) is 12.7 Å². The Morgan fingerprint density at radius 3 is 2.45 bits per heavy atom. The van der Waals surface area contributed by atoms with Gasteiger partial charge in [-0.1, -0.05) is 12.1 Å². The summed E-state index contributed by atoms with van der Waals surface area (Å²) in [6, 6.07) is 10.8. The minimum Gasteiger partial charge on any atom is -0.353 e. The average molecular weight is 406 g/mol. The first-order valence-electron chi connectivity index (χ1n) is 9.60. The van der Waals surface area contributed by atoms with Gasteiger partial charge in [0.1, 0.15) is 28.6 Å². The number of anilines is 2. The molecular formula is C22H20FN5S. The second-order valence-electron chi connectivity index (χ2n) is 7.20. The number of benzene rings is 1. The van der Waals surface area contributed by atoms with Gasteiger partial charge in [-0.3, -0.25) is 0 Å². The quantitative estimate of drug-likeness (QED) is 0.501. The Hall–Kier alpha value is -3.06. The lowest BCUT2D eigenvalue weighted by Gasteiger charge is -2.36. The summed E-state index contributed by atoms with van der Waals surface area (Å²) in [5, 5.41) is 3.13. The summed E-state index contributed by atoms with van der Waals surface area (Å²) in [5.74, 6) is 1.75. The van der Waals surface area contributed by atoms with Crippen molar-refractivity contribution in [2.24, 2.45) is 0 Å². The van der Waals surface area contributed by atoms with E-state index in [4.69, 9.17) is 0 Å². The maximum atomic E-state index is 13.4. The van der Waals surface area contributed by atoms with Crippen molar-refractivity contribution >= 4 is 33.2 Å². The number of piperazine rings is 1. The van der Waals surface area contributed by atoms with Crippen LogP contribution in [0.15, 0.2) is 54.3 Å². The summed E-state index contributed by atoms with van der Waals surface area (Å²) in [6.07, 6.45) is 3.50. The van der Waals surface area contributed by atoms with Gasteiger partial charge in [0.25, 0.3) is 0 Å². The van der Waals surface area contributed by atoms with Crippen LogP contribution in [0.4, 0.5) is 16.0 Å². The van der Waals surface area contributed by atoms with Crippen molar-refractivity contribution in [1.82, 2.24) is 15.0 Å². The second kappa shape index (κ2) is 7.40. The summed E-state index contributed by atoms with van der Waals surface area (Å²) in [5.41, 5.74) is 3.26. The molecule has 0 bridgehead atoms. The molecule has 7 heteroatoms. The lowest BCUT2D eigenvalue weighted by atomic mass is 10.1. The minimum atomic E-state index is -0.231. The van der Waals surface area contributed by atoms with Crippen LogP contribution in [0.5, 0.6) is 0 Å². The molecule has 1 aliphatic heterocycles. The maximum Gasteiger partial charge on any atom is 0.141 e. The van der Waals surface area contributed by atoms with Gasteiger partial charge in [0.2, 0.25) is 0 Å². The van der Waals surface area contributed by atoms with Gasteiger partial charge in [-0.05, 0) is 42.3 Å². The lowest BCUT2D eigenvalue weighted by Crippen LogP contribution is -2.47. The van der Waals surface area contributed by atoms with Crippen molar-refractivity contribution in [3.63, 3.8) is 0 Å². The van der Waals surface area contributed by atoms with Crippen molar-refractivity contribution in [2.45, 2.75) is 6.92 Å². The van der Waals surface area contributed by atoms with E-state index >= 15 is 0 Å². The van der Waals surface area contributed by atoms with Crippen LogP contribution in [0.2, 0.25) is 0 Å². The fourth-order valence-corrected chi connectivity index (χ4v) is 4.69. The minimum absolute atomic E-state index is 0.231. The number of fused-ring (bicyclic) bond motifs is 1. The van der Waals surface area contributed by atoms with Crippen LogP contribution in [0.25, 0.3) is 21.3 Å². The normalized spacial score (nSPS) is 14.6. The zero-order valence-corrected chi connectivity index (χ0v) is 16.9. The first kappa shape index (κ1) is 18.0. The molecule has 29 heavy (non-hydrogen) atoms. The predicted octanol–water partition coefficient (Wildman–Crippen LogP) is 4.53. The molecule has 0 amide bonds. The molecule has 0 spiro atoms. The van der Waals surface area contributed by atoms with E-state index in [0.29, 0.717) is 0 Å². The number of nitrogens with zero attached hydrogens (tertiary/aromatic N) is 5. The van der Waals surface area contributed by atoms with E-state index in [-0.39, 0.29) is 5.82 Å². The molecule has 4 heterocycles. The Morgan fingerprint density at radius 1 is 0.931 bits per heavy atom. The molecule has 5 rings (SSSR count). The van der Waals surface area contributed by atoms with Crippen molar-refractivity contribution in [3.8, 4) is 11.1 Å². The van der Waals surface area contributed by atoms with Crippen molar-refractivity contribution < 1.29 is 4.39 Å². The Morgan fingerprint density at radius 2 is 1.69 bits per heavy atom. The number of rotatable bonds is 3. The number of hydrogen-bond donors (Lipinski definition) is 0.